The second-order valence-electron chi connectivity index (χ2n) is 12.8. The molecule has 2 aromatic heterocycles. The van der Waals surface area contributed by atoms with Crippen LogP contribution in [0.3, 0.4) is 0 Å². The number of amides is 1. The third-order valence-electron chi connectivity index (χ3n) is 9.38. The van der Waals surface area contributed by atoms with Crippen LogP contribution in [-0.4, -0.2) is 82.9 Å². The van der Waals surface area contributed by atoms with Crippen LogP contribution in [-0.2, 0) is 12.6 Å². The molecule has 1 aliphatic carbocycles. The summed E-state index contributed by atoms with van der Waals surface area (Å²) < 4.78 is 49.7. The van der Waals surface area contributed by atoms with Gasteiger partial charge in [0, 0.05) is 49.4 Å². The van der Waals surface area contributed by atoms with Crippen molar-refractivity contribution in [2.75, 3.05) is 50.8 Å². The molecule has 7 rings (SSSR count). The summed E-state index contributed by atoms with van der Waals surface area (Å²) in [6.07, 6.45) is 1.45. The average Bonchev–Trinajstić information content (AvgIpc) is 3.28. The van der Waals surface area contributed by atoms with Crippen LogP contribution in [0.2, 0.25) is 0 Å². The number of hydrogen-bond acceptors (Lipinski definition) is 8. The van der Waals surface area contributed by atoms with E-state index in [1.54, 1.807) is 0 Å². The van der Waals surface area contributed by atoms with E-state index in [9.17, 15) is 18.0 Å². The smallest absolute Gasteiger partial charge is 0.417 e. The van der Waals surface area contributed by atoms with Crippen LogP contribution in [0.1, 0.15) is 71.4 Å². The predicted octanol–water partition coefficient (Wildman–Crippen LogP) is 3.76. The van der Waals surface area contributed by atoms with Crippen molar-refractivity contribution in [3.05, 3.63) is 40.2 Å². The maximum atomic E-state index is 14.5. The van der Waals surface area contributed by atoms with E-state index in [-0.39, 0.29) is 35.0 Å². The highest BCUT2D eigenvalue weighted by Gasteiger charge is 2.46. The van der Waals surface area contributed by atoms with Crippen molar-refractivity contribution in [2.45, 2.75) is 64.2 Å². The van der Waals surface area contributed by atoms with Crippen molar-refractivity contribution in [3.8, 4) is 6.01 Å². The summed E-state index contributed by atoms with van der Waals surface area (Å²) in [6, 6.07) is 0.837. The number of halogens is 3. The number of fused-ring (bicyclic) bond motifs is 2. The Labute approximate surface area is 247 Å². The van der Waals surface area contributed by atoms with Crippen LogP contribution >= 0.6 is 0 Å². The van der Waals surface area contributed by atoms with E-state index in [1.165, 1.54) is 32.0 Å². The number of aromatic nitrogens is 4. The molecule has 2 saturated heterocycles. The number of carbonyl (C=O) groups excluding carboxylic acids is 1. The zero-order valence-electron chi connectivity index (χ0n) is 24.5. The number of piperazine rings is 1. The summed E-state index contributed by atoms with van der Waals surface area (Å²) in [5.74, 6) is -0.0135. The minimum absolute atomic E-state index is 0.00350. The molecule has 0 spiro atoms. The normalized spacial score (nSPS) is 23.8. The largest absolute Gasteiger partial charge is 0.463 e. The van der Waals surface area contributed by atoms with E-state index in [0.29, 0.717) is 47.7 Å². The van der Waals surface area contributed by atoms with Gasteiger partial charge in [0.1, 0.15) is 11.4 Å². The number of nitrogens with zero attached hydrogens (tertiary/aromatic N) is 5. The Morgan fingerprint density at radius 3 is 2.67 bits per heavy atom. The second kappa shape index (κ2) is 10.6. The lowest BCUT2D eigenvalue weighted by molar-refractivity contribution is -0.138. The zero-order chi connectivity index (χ0) is 29.9. The summed E-state index contributed by atoms with van der Waals surface area (Å²) in [7, 11) is 0. The van der Waals surface area contributed by atoms with Crippen LogP contribution in [0, 0.1) is 12.3 Å². The van der Waals surface area contributed by atoms with Gasteiger partial charge >= 0.3 is 12.2 Å². The highest BCUT2D eigenvalue weighted by Crippen LogP contribution is 2.47. The fraction of sp³-hybridized carbons (Fsp3) is 0.600. The first-order chi connectivity index (χ1) is 20.6. The fourth-order valence-corrected chi connectivity index (χ4v) is 7.07. The summed E-state index contributed by atoms with van der Waals surface area (Å²) >= 11 is 0. The van der Waals surface area contributed by atoms with Gasteiger partial charge in [-0.3, -0.25) is 9.89 Å². The van der Waals surface area contributed by atoms with Crippen LogP contribution in [0.15, 0.2) is 12.3 Å². The minimum Gasteiger partial charge on any atom is -0.463 e. The van der Waals surface area contributed by atoms with Crippen molar-refractivity contribution in [2.24, 2.45) is 5.41 Å². The predicted molar refractivity (Wildman–Crippen MR) is 154 cm³/mol. The van der Waals surface area contributed by atoms with Gasteiger partial charge in [0.25, 0.3) is 5.91 Å². The topological polar surface area (TPSA) is 111 Å². The molecule has 3 N–H and O–H groups in total. The first-order valence-electron chi connectivity index (χ1n) is 15.2. The Kier molecular flexibility index (Phi) is 6.99. The molecular formula is C30H37F3N8O2. The molecule has 230 valence electrons. The summed E-state index contributed by atoms with van der Waals surface area (Å²) in [6.45, 7) is 9.16. The Morgan fingerprint density at radius 2 is 1.95 bits per heavy atom. The first kappa shape index (κ1) is 28.3. The molecule has 4 aliphatic rings. The van der Waals surface area contributed by atoms with Gasteiger partial charge < -0.3 is 25.2 Å². The maximum Gasteiger partial charge on any atom is 0.417 e. The van der Waals surface area contributed by atoms with Crippen molar-refractivity contribution >= 4 is 22.6 Å². The lowest BCUT2D eigenvalue weighted by atomic mass is 9.87. The standard InChI is InChI=1S/C30H37F3N8O2/c1-17-11-20-19(13-35-39-20)23(25(17)30(31,32)33)21-12-22-24(27(42)36-21)26(41-10-7-34-18(2)14-41)38-28(37-22)43-16-29(5-6-29)15-40-8-3-4-9-40/h11,13,18,21,34H,3-10,12,14-16H2,1-2H3,(H,35,39)(H,36,42). The molecule has 3 aliphatic heterocycles. The van der Waals surface area contributed by atoms with E-state index in [2.05, 4.69) is 32.7 Å². The first-order valence-corrected chi connectivity index (χ1v) is 15.2. The van der Waals surface area contributed by atoms with Crippen LogP contribution in [0.5, 0.6) is 6.01 Å². The van der Waals surface area contributed by atoms with E-state index < -0.39 is 23.7 Å². The third kappa shape index (κ3) is 5.41. The highest BCUT2D eigenvalue weighted by atomic mass is 19.4. The number of carbonyl (C=O) groups is 1. The van der Waals surface area contributed by atoms with Gasteiger partial charge in [0.15, 0.2) is 0 Å². The highest BCUT2D eigenvalue weighted by molar-refractivity contribution is 6.02. The van der Waals surface area contributed by atoms with Gasteiger partial charge in [-0.05, 0) is 69.8 Å². The van der Waals surface area contributed by atoms with E-state index in [0.717, 1.165) is 39.0 Å². The van der Waals surface area contributed by atoms with Crippen LogP contribution < -0.4 is 20.3 Å². The average molecular weight is 599 g/mol. The van der Waals surface area contributed by atoms with Crippen molar-refractivity contribution in [3.63, 3.8) is 0 Å². The molecule has 10 nitrogen and oxygen atoms in total. The number of benzene rings is 1. The quantitative estimate of drug-likeness (QED) is 0.377. The SMILES string of the molecule is Cc1cc2[nH]ncc2c(C2Cc3nc(OCC4(CN5CCCC5)CC4)nc(N4CCNC(C)C4)c3C(=O)N2)c1C(F)(F)F. The molecule has 0 bridgehead atoms. The van der Waals surface area contributed by atoms with Gasteiger partial charge in [0.2, 0.25) is 0 Å². The molecule has 0 radical (unpaired) electrons. The van der Waals surface area contributed by atoms with Gasteiger partial charge in [-0.15, -0.1) is 0 Å². The Hall–Kier alpha value is -3.45. The van der Waals surface area contributed by atoms with E-state index in [1.807, 2.05) is 4.90 Å². The lowest BCUT2D eigenvalue weighted by Gasteiger charge is -2.36. The number of aryl methyl sites for hydroxylation is 1. The summed E-state index contributed by atoms with van der Waals surface area (Å²) in [4.78, 5) is 27.8. The molecule has 2 unspecified atom stereocenters. The molecule has 1 amide bonds. The van der Waals surface area contributed by atoms with E-state index >= 15 is 0 Å². The van der Waals surface area contributed by atoms with E-state index in [4.69, 9.17) is 14.7 Å². The Morgan fingerprint density at radius 1 is 1.16 bits per heavy atom. The number of anilines is 1. The van der Waals surface area contributed by atoms with Gasteiger partial charge in [-0.1, -0.05) is 0 Å². The second-order valence-corrected chi connectivity index (χ2v) is 12.8. The summed E-state index contributed by atoms with van der Waals surface area (Å²) in [5.41, 5.74) is 0.565. The Balaban J connectivity index is 1.26. The third-order valence-corrected chi connectivity index (χ3v) is 9.38. The molecule has 3 fully saturated rings. The van der Waals surface area contributed by atoms with Crippen molar-refractivity contribution in [1.82, 2.24) is 35.7 Å². The van der Waals surface area contributed by atoms with Crippen LogP contribution in [0.4, 0.5) is 19.0 Å². The molecule has 2 atom stereocenters. The monoisotopic (exact) mass is 598 g/mol. The van der Waals surface area contributed by atoms with Crippen LogP contribution in [0.25, 0.3) is 10.9 Å². The molecule has 3 aromatic rings. The number of likely N-dealkylation sites (tertiary alicyclic amines) is 1. The number of hydrogen-bond donors (Lipinski definition) is 3. The van der Waals surface area contributed by atoms with Crippen molar-refractivity contribution < 1.29 is 22.7 Å². The molecule has 5 heterocycles. The number of aromatic amines is 1. The van der Waals surface area contributed by atoms with Gasteiger partial charge in [-0.25, -0.2) is 0 Å². The van der Waals surface area contributed by atoms with Gasteiger partial charge in [-0.2, -0.15) is 28.2 Å². The Bertz CT molecular complexity index is 1550. The maximum absolute atomic E-state index is 14.5. The number of rotatable bonds is 7. The summed E-state index contributed by atoms with van der Waals surface area (Å²) in [5, 5.41) is 13.4. The number of H-pyrrole nitrogens is 1. The number of nitrogens with one attached hydrogen (secondary N) is 3. The fourth-order valence-electron chi connectivity index (χ4n) is 7.07. The minimum atomic E-state index is -4.62. The molecule has 43 heavy (non-hydrogen) atoms. The molecule has 1 aromatic carbocycles. The number of ether oxygens (including phenoxy) is 1. The van der Waals surface area contributed by atoms with Crippen molar-refractivity contribution in [1.29, 1.82) is 0 Å². The number of alkyl halides is 3. The zero-order valence-corrected chi connectivity index (χ0v) is 24.5. The molecular weight excluding hydrogens is 561 g/mol. The lowest BCUT2D eigenvalue weighted by Crippen LogP contribution is -2.50. The molecule has 13 heteroatoms. The molecule has 1 saturated carbocycles. The van der Waals surface area contributed by atoms with Gasteiger partial charge in [0.05, 0.1) is 35.6 Å².